The molecule has 28 heavy (non-hydrogen) atoms. The van der Waals surface area contributed by atoms with Crippen molar-refractivity contribution in [2.75, 3.05) is 20.2 Å². The predicted molar refractivity (Wildman–Crippen MR) is 101 cm³/mol. The smallest absolute Gasteiger partial charge is 0.330 e. The van der Waals surface area contributed by atoms with Gasteiger partial charge in [-0.2, -0.15) is 0 Å². The second-order valence-electron chi connectivity index (χ2n) is 7.27. The summed E-state index contributed by atoms with van der Waals surface area (Å²) >= 11 is 0. The van der Waals surface area contributed by atoms with Crippen molar-refractivity contribution in [1.82, 2.24) is 4.90 Å². The zero-order valence-corrected chi connectivity index (χ0v) is 15.5. The van der Waals surface area contributed by atoms with Crippen molar-refractivity contribution in [3.63, 3.8) is 0 Å². The first-order chi connectivity index (χ1) is 13.5. The fraction of sp³-hybridized carbons (Fsp3) is 0.273. The van der Waals surface area contributed by atoms with E-state index in [9.17, 15) is 14.0 Å². The minimum Gasteiger partial charge on any atom is -0.483 e. The Bertz CT molecular complexity index is 946. The average Bonchev–Trinajstić information content (AvgIpc) is 2.67. The molecule has 0 saturated carbocycles. The number of hydrogen-bond acceptors (Lipinski definition) is 5. The topological polar surface area (TPSA) is 55.8 Å². The van der Waals surface area contributed by atoms with Crippen LogP contribution in [0, 0.1) is 5.82 Å². The van der Waals surface area contributed by atoms with Crippen LogP contribution in [0.4, 0.5) is 4.39 Å². The fourth-order valence-electron chi connectivity index (χ4n) is 3.75. The van der Waals surface area contributed by atoms with E-state index in [1.54, 1.807) is 36.4 Å². The molecule has 2 aromatic rings. The highest BCUT2D eigenvalue weighted by molar-refractivity contribution is 6.01. The molecule has 144 valence electrons. The number of esters is 1. The van der Waals surface area contributed by atoms with Gasteiger partial charge >= 0.3 is 5.97 Å². The van der Waals surface area contributed by atoms with Crippen molar-refractivity contribution in [2.45, 2.75) is 18.6 Å². The van der Waals surface area contributed by atoms with Crippen molar-refractivity contribution in [1.29, 1.82) is 0 Å². The number of halogens is 1. The zero-order valence-electron chi connectivity index (χ0n) is 15.5. The molecule has 2 aliphatic heterocycles. The van der Waals surface area contributed by atoms with Crippen molar-refractivity contribution in [2.24, 2.45) is 0 Å². The van der Waals surface area contributed by atoms with Crippen molar-refractivity contribution < 1.29 is 23.5 Å². The molecule has 4 rings (SSSR count). The molecule has 1 saturated heterocycles. The summed E-state index contributed by atoms with van der Waals surface area (Å²) in [4.78, 5) is 26.1. The molecule has 0 radical (unpaired) electrons. The number of likely N-dealkylation sites (tertiary alicyclic amines) is 1. The molecule has 2 aliphatic rings. The molecule has 1 fully saturated rings. The van der Waals surface area contributed by atoms with Gasteiger partial charge in [0.05, 0.1) is 19.1 Å². The van der Waals surface area contributed by atoms with Crippen LogP contribution >= 0.6 is 0 Å². The Hall–Kier alpha value is -2.99. The van der Waals surface area contributed by atoms with Crippen LogP contribution in [0.1, 0.15) is 27.9 Å². The average molecular weight is 381 g/mol. The Kier molecular flexibility index (Phi) is 4.73. The minimum atomic E-state index is -0.493. The number of benzene rings is 2. The largest absolute Gasteiger partial charge is 0.483 e. The number of ether oxygens (including phenoxy) is 2. The summed E-state index contributed by atoms with van der Waals surface area (Å²) < 4.78 is 23.8. The molecule has 0 aliphatic carbocycles. The molecule has 0 atom stereocenters. The minimum absolute atomic E-state index is 0.0380. The predicted octanol–water partition coefficient (Wildman–Crippen LogP) is 3.23. The molecule has 0 unspecified atom stereocenters. The van der Waals surface area contributed by atoms with Crippen LogP contribution in [0.2, 0.25) is 0 Å². The van der Waals surface area contributed by atoms with E-state index in [-0.39, 0.29) is 11.6 Å². The first-order valence-corrected chi connectivity index (χ1v) is 9.05. The van der Waals surface area contributed by atoms with Gasteiger partial charge in [0.15, 0.2) is 5.78 Å². The van der Waals surface area contributed by atoms with E-state index in [0.717, 1.165) is 11.1 Å². The van der Waals surface area contributed by atoms with Gasteiger partial charge in [0.1, 0.15) is 17.2 Å². The lowest BCUT2D eigenvalue weighted by Crippen LogP contribution is -2.66. The number of hydrogen-bond donors (Lipinski definition) is 0. The summed E-state index contributed by atoms with van der Waals surface area (Å²) in [5, 5.41) is 0. The number of carbonyl (C=O) groups excluding carboxylic acids is 2. The highest BCUT2D eigenvalue weighted by Gasteiger charge is 2.49. The molecule has 5 nitrogen and oxygen atoms in total. The number of ketones is 1. The molecule has 6 heteroatoms. The summed E-state index contributed by atoms with van der Waals surface area (Å²) in [6.07, 6.45) is 3.25. The summed E-state index contributed by atoms with van der Waals surface area (Å²) in [5.41, 5.74) is 1.81. The Morgan fingerprint density at radius 1 is 1.25 bits per heavy atom. The summed E-state index contributed by atoms with van der Waals surface area (Å²) in [6, 6.07) is 11.8. The van der Waals surface area contributed by atoms with Gasteiger partial charge in [-0.1, -0.05) is 18.2 Å². The third kappa shape index (κ3) is 3.68. The van der Waals surface area contributed by atoms with Crippen LogP contribution in [-0.2, 0) is 16.1 Å². The van der Waals surface area contributed by atoms with Gasteiger partial charge in [-0.3, -0.25) is 9.69 Å². The first kappa shape index (κ1) is 18.4. The van der Waals surface area contributed by atoms with E-state index >= 15 is 0 Å². The summed E-state index contributed by atoms with van der Waals surface area (Å²) in [7, 11) is 1.31. The Morgan fingerprint density at radius 2 is 2.00 bits per heavy atom. The highest BCUT2D eigenvalue weighted by atomic mass is 19.1. The first-order valence-electron chi connectivity index (χ1n) is 9.05. The molecule has 2 heterocycles. The summed E-state index contributed by atoms with van der Waals surface area (Å²) in [5.74, 6) is -0.0821. The van der Waals surface area contributed by atoms with Crippen molar-refractivity contribution in [3.05, 3.63) is 71.0 Å². The lowest BCUT2D eigenvalue weighted by Gasteiger charge is -2.51. The maximum atomic E-state index is 13.0. The van der Waals surface area contributed by atoms with Gasteiger partial charge in [0, 0.05) is 25.7 Å². The van der Waals surface area contributed by atoms with E-state index in [1.165, 1.54) is 25.3 Å². The molecule has 0 amide bonds. The Morgan fingerprint density at radius 3 is 2.71 bits per heavy atom. The van der Waals surface area contributed by atoms with Crippen LogP contribution in [0.25, 0.3) is 6.08 Å². The van der Waals surface area contributed by atoms with Crippen LogP contribution in [0.5, 0.6) is 5.75 Å². The van der Waals surface area contributed by atoms with Gasteiger partial charge in [-0.05, 0) is 41.5 Å². The third-order valence-electron chi connectivity index (χ3n) is 5.07. The molecule has 0 N–H and O–H groups in total. The maximum absolute atomic E-state index is 13.0. The lowest BCUT2D eigenvalue weighted by atomic mass is 9.83. The second-order valence-corrected chi connectivity index (χ2v) is 7.27. The van der Waals surface area contributed by atoms with E-state index in [0.29, 0.717) is 37.4 Å². The van der Waals surface area contributed by atoms with E-state index in [4.69, 9.17) is 4.74 Å². The molecule has 1 spiro atoms. The fourth-order valence-corrected chi connectivity index (χ4v) is 3.75. The Balaban J connectivity index is 1.43. The lowest BCUT2D eigenvalue weighted by molar-refractivity contribution is -0.134. The Labute approximate surface area is 162 Å². The number of nitrogens with zero attached hydrogens (tertiary/aromatic N) is 1. The molecule has 0 bridgehead atoms. The van der Waals surface area contributed by atoms with Crippen LogP contribution in [-0.4, -0.2) is 42.5 Å². The monoisotopic (exact) mass is 381 g/mol. The number of Topliss-reactive ketones (excluding diaryl/α,β-unsaturated/α-hetero) is 1. The summed E-state index contributed by atoms with van der Waals surface area (Å²) in [6.45, 7) is 2.00. The molecular formula is C22H20FNO4. The van der Waals surface area contributed by atoms with E-state index < -0.39 is 11.6 Å². The standard InChI is InChI=1S/C22H20FNO4/c1-27-21(26)9-5-15-4-8-20-18(10-15)19(25)11-22(28-20)13-24(14-22)12-16-2-6-17(23)7-3-16/h2-10H,11-14H2,1H3. The third-order valence-corrected chi connectivity index (χ3v) is 5.07. The molecule has 0 aromatic heterocycles. The number of fused-ring (bicyclic) bond motifs is 1. The number of methoxy groups -OCH3 is 1. The van der Waals surface area contributed by atoms with E-state index in [1.807, 2.05) is 0 Å². The van der Waals surface area contributed by atoms with Gasteiger partial charge in [0.2, 0.25) is 0 Å². The molecule has 2 aromatic carbocycles. The van der Waals surface area contributed by atoms with Crippen molar-refractivity contribution in [3.8, 4) is 5.75 Å². The van der Waals surface area contributed by atoms with E-state index in [2.05, 4.69) is 9.64 Å². The van der Waals surface area contributed by atoms with Gasteiger partial charge in [0.25, 0.3) is 0 Å². The van der Waals surface area contributed by atoms with Crippen LogP contribution in [0.3, 0.4) is 0 Å². The van der Waals surface area contributed by atoms with Gasteiger partial charge in [-0.15, -0.1) is 0 Å². The molecular weight excluding hydrogens is 361 g/mol. The van der Waals surface area contributed by atoms with Gasteiger partial charge in [-0.25, -0.2) is 9.18 Å². The van der Waals surface area contributed by atoms with Crippen LogP contribution < -0.4 is 4.74 Å². The SMILES string of the molecule is COC(=O)C=Cc1ccc2c(c1)C(=O)CC1(CN(Cc3ccc(F)cc3)C1)O2. The zero-order chi connectivity index (χ0) is 19.7. The van der Waals surface area contributed by atoms with Gasteiger partial charge < -0.3 is 9.47 Å². The quantitative estimate of drug-likeness (QED) is 0.601. The normalized spacial score (nSPS) is 17.9. The highest BCUT2D eigenvalue weighted by Crippen LogP contribution is 2.39. The van der Waals surface area contributed by atoms with Crippen LogP contribution in [0.15, 0.2) is 48.5 Å². The van der Waals surface area contributed by atoms with Crippen molar-refractivity contribution >= 4 is 17.8 Å². The second kappa shape index (κ2) is 7.20. The number of carbonyl (C=O) groups is 2. The number of rotatable bonds is 4. The maximum Gasteiger partial charge on any atom is 0.330 e.